The highest BCUT2D eigenvalue weighted by molar-refractivity contribution is 9.10. The Morgan fingerprint density at radius 3 is 2.79 bits per heavy atom. The normalized spacial score (nSPS) is 18.4. The van der Waals surface area contributed by atoms with Crippen LogP contribution in [0, 0.1) is 18.1 Å². The molecular weight excluding hydrogens is 482 g/mol. The number of carboxylic acid groups (broad SMARTS) is 1. The summed E-state index contributed by atoms with van der Waals surface area (Å²) in [6.45, 7) is 0. The van der Waals surface area contributed by atoms with E-state index in [9.17, 15) is 4.79 Å². The van der Waals surface area contributed by atoms with Crippen molar-refractivity contribution >= 4 is 44.3 Å². The third kappa shape index (κ3) is 4.02. The van der Waals surface area contributed by atoms with E-state index in [-0.39, 0.29) is 18.3 Å². The van der Waals surface area contributed by atoms with Gasteiger partial charge in [-0.25, -0.2) is 9.97 Å². The summed E-state index contributed by atoms with van der Waals surface area (Å²) >= 11 is 3.81. The molecule has 3 aromatic heterocycles. The zero-order chi connectivity index (χ0) is 23.1. The predicted molar refractivity (Wildman–Crippen MR) is 130 cm³/mol. The Kier molecular flexibility index (Phi) is 5.67. The van der Waals surface area contributed by atoms with Crippen LogP contribution in [0.4, 0.5) is 5.82 Å². The molecule has 1 fully saturated rings. The minimum Gasteiger partial charge on any atom is -0.481 e. The van der Waals surface area contributed by atoms with E-state index in [4.69, 9.17) is 10.1 Å². The molecule has 1 aromatic carbocycles. The molecule has 33 heavy (non-hydrogen) atoms. The summed E-state index contributed by atoms with van der Waals surface area (Å²) in [6.07, 6.45) is 7.60. The van der Waals surface area contributed by atoms with Crippen LogP contribution >= 0.6 is 15.9 Å². The van der Waals surface area contributed by atoms with Gasteiger partial charge >= 0.3 is 5.97 Å². The monoisotopic (exact) mass is 505 g/mol. The smallest absolute Gasteiger partial charge is 0.303 e. The first-order valence-electron chi connectivity index (χ1n) is 11.1. The number of carbonyl (C=O) groups is 1. The van der Waals surface area contributed by atoms with Gasteiger partial charge in [0.15, 0.2) is 5.65 Å². The van der Waals surface area contributed by atoms with Crippen molar-refractivity contribution in [3.8, 4) is 11.1 Å². The molecule has 0 bridgehead atoms. The van der Waals surface area contributed by atoms with Crippen molar-refractivity contribution in [2.45, 2.75) is 38.0 Å². The fraction of sp³-hybridized carbons (Fsp3) is 0.360. The SMILES string of the molecule is CN(C)c1c(Br)c(C2CCC(CC(=O)O)CC2)nc2c(-c3cnc4c#cccc4c3)cnn12. The van der Waals surface area contributed by atoms with E-state index in [1.165, 1.54) is 0 Å². The lowest BCUT2D eigenvalue weighted by Crippen LogP contribution is -2.20. The summed E-state index contributed by atoms with van der Waals surface area (Å²) in [5, 5.41) is 14.8. The molecule has 8 heteroatoms. The van der Waals surface area contributed by atoms with Gasteiger partial charge in [-0.3, -0.25) is 4.79 Å². The maximum atomic E-state index is 11.1. The standard InChI is InChI=1S/C25H24BrN5O2/c1-30(2)25-22(26)23(16-9-7-15(8-10-16)11-21(32)33)29-24-19(14-28-31(24)25)18-12-17-5-3-4-6-20(17)27-13-18/h3,5,12-16H,7-11H2,1-2H3,(H,32,33). The molecule has 3 heterocycles. The van der Waals surface area contributed by atoms with Crippen molar-refractivity contribution < 1.29 is 9.90 Å². The van der Waals surface area contributed by atoms with Gasteiger partial charge in [0, 0.05) is 49.1 Å². The first kappa shape index (κ1) is 21.7. The highest BCUT2D eigenvalue weighted by Gasteiger charge is 2.29. The molecule has 0 saturated heterocycles. The highest BCUT2D eigenvalue weighted by Crippen LogP contribution is 2.42. The zero-order valence-corrected chi connectivity index (χ0v) is 20.1. The number of rotatable bonds is 5. The van der Waals surface area contributed by atoms with E-state index in [1.807, 2.05) is 48.0 Å². The van der Waals surface area contributed by atoms with Crippen LogP contribution in [-0.4, -0.2) is 44.8 Å². The first-order valence-corrected chi connectivity index (χ1v) is 11.9. The van der Waals surface area contributed by atoms with Gasteiger partial charge in [0.05, 0.1) is 16.4 Å². The average Bonchev–Trinajstić information content (AvgIpc) is 3.21. The van der Waals surface area contributed by atoms with Gasteiger partial charge in [-0.1, -0.05) is 6.07 Å². The fourth-order valence-corrected chi connectivity index (χ4v) is 5.76. The minimum atomic E-state index is -0.711. The van der Waals surface area contributed by atoms with Crippen LogP contribution in [0.1, 0.15) is 43.7 Å². The second-order valence-corrected chi connectivity index (χ2v) is 9.70. The van der Waals surface area contributed by atoms with Crippen molar-refractivity contribution in [1.82, 2.24) is 19.6 Å². The number of hydrogen-bond donors (Lipinski definition) is 1. The number of aromatic nitrogens is 4. The summed E-state index contributed by atoms with van der Waals surface area (Å²) in [5.74, 6) is 0.747. The van der Waals surface area contributed by atoms with Crippen LogP contribution in [0.2, 0.25) is 0 Å². The maximum absolute atomic E-state index is 11.1. The minimum absolute atomic E-state index is 0.248. The van der Waals surface area contributed by atoms with Crippen molar-refractivity contribution in [3.05, 3.63) is 52.9 Å². The molecule has 0 amide bonds. The quantitative estimate of drug-likeness (QED) is 0.405. The van der Waals surface area contributed by atoms with Crippen LogP contribution in [0.25, 0.3) is 27.7 Å². The van der Waals surface area contributed by atoms with E-state index < -0.39 is 5.97 Å². The number of carboxylic acids is 1. The van der Waals surface area contributed by atoms with Crippen LogP contribution in [0.3, 0.4) is 0 Å². The van der Waals surface area contributed by atoms with E-state index in [0.29, 0.717) is 0 Å². The second-order valence-electron chi connectivity index (χ2n) is 8.90. The van der Waals surface area contributed by atoms with Gasteiger partial charge in [-0.05, 0) is 71.8 Å². The molecule has 0 atom stereocenters. The molecule has 1 aliphatic carbocycles. The molecule has 4 aromatic rings. The topological polar surface area (TPSA) is 83.6 Å². The molecule has 1 aliphatic rings. The number of halogens is 1. The van der Waals surface area contributed by atoms with Crippen LogP contribution in [-0.2, 0) is 4.79 Å². The Labute approximate surface area is 200 Å². The molecular formula is C25H24BrN5O2. The van der Waals surface area contributed by atoms with Crippen molar-refractivity contribution in [3.63, 3.8) is 0 Å². The fourth-order valence-electron chi connectivity index (χ4n) is 4.82. The largest absolute Gasteiger partial charge is 0.481 e. The Balaban J connectivity index is 1.59. The Bertz CT molecular complexity index is 1340. The van der Waals surface area contributed by atoms with Crippen LogP contribution in [0.5, 0.6) is 0 Å². The van der Waals surface area contributed by atoms with E-state index >= 15 is 0 Å². The Morgan fingerprint density at radius 2 is 2.06 bits per heavy atom. The van der Waals surface area contributed by atoms with Gasteiger partial charge in [-0.2, -0.15) is 9.61 Å². The summed E-state index contributed by atoms with van der Waals surface area (Å²) in [7, 11) is 4.00. The molecule has 7 nitrogen and oxygen atoms in total. The van der Waals surface area contributed by atoms with Gasteiger partial charge in [0.2, 0.25) is 0 Å². The van der Waals surface area contributed by atoms with E-state index in [0.717, 1.165) is 69.3 Å². The summed E-state index contributed by atoms with van der Waals surface area (Å²) in [5.41, 5.74) is 4.46. The summed E-state index contributed by atoms with van der Waals surface area (Å²) in [6, 6.07) is 11.9. The van der Waals surface area contributed by atoms with Crippen LogP contribution < -0.4 is 4.90 Å². The number of pyridine rings is 1. The van der Waals surface area contributed by atoms with Gasteiger partial charge in [0.1, 0.15) is 11.3 Å². The van der Waals surface area contributed by atoms with Gasteiger partial charge in [-0.15, -0.1) is 0 Å². The molecule has 0 aliphatic heterocycles. The Hall–Kier alpha value is -3.18. The van der Waals surface area contributed by atoms with E-state index in [1.54, 1.807) is 0 Å². The Morgan fingerprint density at radius 1 is 1.27 bits per heavy atom. The average molecular weight is 506 g/mol. The number of fused-ring (bicyclic) bond motifs is 2. The number of aliphatic carboxylic acids is 1. The lowest BCUT2D eigenvalue weighted by molar-refractivity contribution is -0.138. The molecule has 168 valence electrons. The lowest BCUT2D eigenvalue weighted by Gasteiger charge is -2.29. The molecule has 0 spiro atoms. The van der Waals surface area contributed by atoms with Gasteiger partial charge < -0.3 is 10.0 Å². The molecule has 1 saturated carbocycles. The number of hydrogen-bond acceptors (Lipinski definition) is 5. The van der Waals surface area contributed by atoms with Gasteiger partial charge in [0.25, 0.3) is 0 Å². The van der Waals surface area contributed by atoms with Crippen molar-refractivity contribution in [2.75, 3.05) is 19.0 Å². The highest BCUT2D eigenvalue weighted by atomic mass is 79.9. The van der Waals surface area contributed by atoms with Crippen molar-refractivity contribution in [2.24, 2.45) is 5.92 Å². The molecule has 5 rings (SSSR count). The third-order valence-corrected chi connectivity index (χ3v) is 7.24. The number of anilines is 1. The molecule has 0 radical (unpaired) electrons. The number of nitrogens with zero attached hydrogens (tertiary/aromatic N) is 5. The summed E-state index contributed by atoms with van der Waals surface area (Å²) in [4.78, 5) is 22.8. The third-order valence-electron chi connectivity index (χ3n) is 6.48. The summed E-state index contributed by atoms with van der Waals surface area (Å²) < 4.78 is 2.81. The van der Waals surface area contributed by atoms with E-state index in [2.05, 4.69) is 44.2 Å². The lowest BCUT2D eigenvalue weighted by atomic mass is 9.79. The molecule has 0 unspecified atom stereocenters. The maximum Gasteiger partial charge on any atom is 0.303 e. The molecule has 1 N–H and O–H groups in total. The second kappa shape index (κ2) is 8.64. The first-order chi connectivity index (χ1) is 15.9. The predicted octanol–water partition coefficient (Wildman–Crippen LogP) is 5.12. The van der Waals surface area contributed by atoms with Crippen molar-refractivity contribution in [1.29, 1.82) is 0 Å². The zero-order valence-electron chi connectivity index (χ0n) is 18.5. The van der Waals surface area contributed by atoms with Crippen LogP contribution in [0.15, 0.2) is 35.1 Å².